The van der Waals surface area contributed by atoms with Gasteiger partial charge in [-0.25, -0.2) is 4.99 Å². The standard InChI is InChI=1S/C58H43N3/c1-3-17-40-32-42(30-28-37(40)4-2)61-55-33-41(57-59-53(38-18-7-5-8-19-38)36-54(60-57)39-20-9-6-10-21-39)29-31-46(55)48-34-52-47(35-56(48)61)45-24-13-16-27-51(45)58(52)49-25-14-11-22-43(49)44-23-12-15-26-50(44)58/h3-9,11-20,22-35,53H,2,10,21,36H2,1H3/b17-3-. The fourth-order valence-electron chi connectivity index (χ4n) is 10.9. The van der Waals surface area contributed by atoms with E-state index < -0.39 is 5.41 Å². The van der Waals surface area contributed by atoms with E-state index in [1.807, 2.05) is 6.08 Å². The predicted molar refractivity (Wildman–Crippen MR) is 256 cm³/mol. The minimum Gasteiger partial charge on any atom is -0.309 e. The molecule has 1 aliphatic heterocycles. The van der Waals surface area contributed by atoms with Crippen molar-refractivity contribution in [3.8, 4) is 27.9 Å². The van der Waals surface area contributed by atoms with Gasteiger partial charge in [0, 0.05) is 34.2 Å². The van der Waals surface area contributed by atoms with E-state index in [2.05, 4.69) is 200 Å². The molecule has 0 saturated carbocycles. The highest BCUT2D eigenvalue weighted by Crippen LogP contribution is 2.63. The molecule has 4 aliphatic rings. The van der Waals surface area contributed by atoms with Gasteiger partial charge in [0.25, 0.3) is 0 Å². The Hall–Kier alpha value is -7.36. The van der Waals surface area contributed by atoms with Gasteiger partial charge in [0.1, 0.15) is 0 Å². The molecule has 0 radical (unpaired) electrons. The summed E-state index contributed by atoms with van der Waals surface area (Å²) in [4.78, 5) is 10.8. The molecule has 0 bridgehead atoms. The molecular weight excluding hydrogens is 739 g/mol. The van der Waals surface area contributed by atoms with Crippen LogP contribution in [-0.2, 0) is 5.41 Å². The molecule has 61 heavy (non-hydrogen) atoms. The number of aliphatic imine (C=N–C) groups is 2. The highest BCUT2D eigenvalue weighted by molar-refractivity contribution is 6.17. The van der Waals surface area contributed by atoms with Gasteiger partial charge in [-0.2, -0.15) is 0 Å². The Labute approximate surface area is 356 Å². The molecule has 0 saturated heterocycles. The van der Waals surface area contributed by atoms with Gasteiger partial charge in [-0.3, -0.25) is 4.99 Å². The van der Waals surface area contributed by atoms with Crippen LogP contribution >= 0.6 is 0 Å². The van der Waals surface area contributed by atoms with E-state index in [1.165, 1.54) is 71.9 Å². The lowest BCUT2D eigenvalue weighted by Gasteiger charge is -2.30. The summed E-state index contributed by atoms with van der Waals surface area (Å²) in [6.45, 7) is 6.22. The smallest absolute Gasteiger partial charge is 0.155 e. The van der Waals surface area contributed by atoms with E-state index >= 15 is 0 Å². The number of allylic oxidation sites excluding steroid dienone is 5. The van der Waals surface area contributed by atoms with Crippen LogP contribution in [0.1, 0.15) is 76.7 Å². The van der Waals surface area contributed by atoms with Crippen molar-refractivity contribution < 1.29 is 0 Å². The van der Waals surface area contributed by atoms with Gasteiger partial charge >= 0.3 is 0 Å². The Morgan fingerprint density at radius 2 is 1.34 bits per heavy atom. The number of benzene rings is 7. The average Bonchev–Trinajstić information content (AvgIpc) is 3.92. The van der Waals surface area contributed by atoms with Crippen molar-refractivity contribution >= 4 is 45.5 Å². The van der Waals surface area contributed by atoms with Crippen LogP contribution in [0.5, 0.6) is 0 Å². The van der Waals surface area contributed by atoms with Crippen LogP contribution in [0.4, 0.5) is 0 Å². The molecule has 290 valence electrons. The van der Waals surface area contributed by atoms with E-state index in [9.17, 15) is 0 Å². The molecule has 1 aromatic heterocycles. The average molecular weight is 782 g/mol. The minimum atomic E-state index is -0.427. The molecule has 3 heteroatoms. The second kappa shape index (κ2) is 13.9. The van der Waals surface area contributed by atoms with Crippen LogP contribution in [0, 0.1) is 0 Å². The van der Waals surface area contributed by atoms with Crippen molar-refractivity contribution in [2.45, 2.75) is 37.6 Å². The normalized spacial score (nSPS) is 16.9. The first-order valence-corrected chi connectivity index (χ1v) is 21.5. The number of hydrogen-bond donors (Lipinski definition) is 0. The lowest BCUT2D eigenvalue weighted by atomic mass is 9.70. The predicted octanol–water partition coefficient (Wildman–Crippen LogP) is 14.4. The molecule has 12 rings (SSSR count). The van der Waals surface area contributed by atoms with Crippen LogP contribution in [0.3, 0.4) is 0 Å². The Morgan fingerprint density at radius 3 is 2.03 bits per heavy atom. The second-order valence-electron chi connectivity index (χ2n) is 16.7. The van der Waals surface area contributed by atoms with Crippen molar-refractivity contribution in [3.63, 3.8) is 0 Å². The van der Waals surface area contributed by atoms with E-state index in [0.29, 0.717) is 0 Å². The number of nitrogens with zero attached hydrogens (tertiary/aromatic N) is 3. The SMILES string of the molecule is C=Cc1ccc(-n2c3cc(C4=NC(c5ccccc5)CC(C5=CC=CCC5)=N4)ccc3c3cc4c(cc32)-c2ccccc2C42c3ccccc3-c3ccccc32)cc1/C=C\C. The number of rotatable bonds is 6. The topological polar surface area (TPSA) is 29.6 Å². The molecule has 0 fully saturated rings. The summed E-state index contributed by atoms with van der Waals surface area (Å²) in [5, 5.41) is 2.43. The van der Waals surface area contributed by atoms with E-state index in [0.717, 1.165) is 58.7 Å². The van der Waals surface area contributed by atoms with Crippen LogP contribution in [-0.4, -0.2) is 16.1 Å². The van der Waals surface area contributed by atoms with Crippen molar-refractivity contribution in [1.82, 2.24) is 4.57 Å². The highest BCUT2D eigenvalue weighted by atomic mass is 15.0. The summed E-state index contributed by atoms with van der Waals surface area (Å²) in [6, 6.07) is 56.5. The van der Waals surface area contributed by atoms with Gasteiger partial charge in [-0.05, 0) is 117 Å². The summed E-state index contributed by atoms with van der Waals surface area (Å²) in [7, 11) is 0. The highest BCUT2D eigenvalue weighted by Gasteiger charge is 2.51. The van der Waals surface area contributed by atoms with Crippen molar-refractivity contribution in [2.75, 3.05) is 0 Å². The molecule has 3 nitrogen and oxygen atoms in total. The third-order valence-electron chi connectivity index (χ3n) is 13.5. The molecule has 1 atom stereocenters. The van der Waals surface area contributed by atoms with Gasteiger partial charge < -0.3 is 4.57 Å². The first-order chi connectivity index (χ1) is 30.1. The zero-order valence-electron chi connectivity index (χ0n) is 34.1. The van der Waals surface area contributed by atoms with Gasteiger partial charge in [-0.15, -0.1) is 0 Å². The summed E-state index contributed by atoms with van der Waals surface area (Å²) in [5.74, 6) is 0.787. The van der Waals surface area contributed by atoms with Crippen molar-refractivity contribution in [1.29, 1.82) is 0 Å². The van der Waals surface area contributed by atoms with Crippen molar-refractivity contribution in [2.24, 2.45) is 9.98 Å². The van der Waals surface area contributed by atoms with E-state index in [4.69, 9.17) is 9.98 Å². The molecule has 7 aromatic carbocycles. The number of amidine groups is 1. The quantitative estimate of drug-likeness (QED) is 0.161. The molecule has 1 unspecified atom stereocenters. The van der Waals surface area contributed by atoms with Gasteiger partial charge in [-0.1, -0.05) is 164 Å². The third-order valence-corrected chi connectivity index (χ3v) is 13.5. The lowest BCUT2D eigenvalue weighted by Crippen LogP contribution is -2.25. The van der Waals surface area contributed by atoms with Crippen LogP contribution in [0.15, 0.2) is 198 Å². The largest absolute Gasteiger partial charge is 0.309 e. The van der Waals surface area contributed by atoms with Crippen LogP contribution < -0.4 is 0 Å². The first kappa shape index (κ1) is 35.6. The molecular formula is C58H43N3. The Morgan fingerprint density at radius 1 is 0.656 bits per heavy atom. The molecule has 1 spiro atoms. The molecule has 2 heterocycles. The third kappa shape index (κ3) is 5.23. The monoisotopic (exact) mass is 781 g/mol. The molecule has 0 N–H and O–H groups in total. The second-order valence-corrected chi connectivity index (χ2v) is 16.7. The van der Waals surface area contributed by atoms with E-state index in [-0.39, 0.29) is 6.04 Å². The van der Waals surface area contributed by atoms with Gasteiger partial charge in [0.2, 0.25) is 0 Å². The molecule has 0 amide bonds. The maximum Gasteiger partial charge on any atom is 0.155 e. The van der Waals surface area contributed by atoms with Crippen LogP contribution in [0.2, 0.25) is 0 Å². The maximum absolute atomic E-state index is 5.41. The Balaban J connectivity index is 1.15. The summed E-state index contributed by atoms with van der Waals surface area (Å²) < 4.78 is 2.47. The fourth-order valence-corrected chi connectivity index (χ4v) is 10.9. The fraction of sp³-hybridized carbons (Fsp3) is 0.103. The number of aromatic nitrogens is 1. The zero-order chi connectivity index (χ0) is 40.7. The summed E-state index contributed by atoms with van der Waals surface area (Å²) >= 11 is 0. The lowest BCUT2D eigenvalue weighted by molar-refractivity contribution is 0.749. The Bertz CT molecular complexity index is 3260. The van der Waals surface area contributed by atoms with E-state index in [1.54, 1.807) is 0 Å². The van der Waals surface area contributed by atoms with Crippen molar-refractivity contribution in [3.05, 3.63) is 233 Å². The van der Waals surface area contributed by atoms with Crippen LogP contribution in [0.25, 0.3) is 61.9 Å². The first-order valence-electron chi connectivity index (χ1n) is 21.5. The Kier molecular flexibility index (Phi) is 8.08. The summed E-state index contributed by atoms with van der Waals surface area (Å²) in [5.41, 5.74) is 20.5. The minimum absolute atomic E-state index is 0.0108. The molecule has 3 aliphatic carbocycles. The number of hydrogen-bond acceptors (Lipinski definition) is 2. The summed E-state index contributed by atoms with van der Waals surface area (Å²) in [6.07, 6.45) is 15.7. The molecule has 8 aromatic rings. The van der Waals surface area contributed by atoms with Gasteiger partial charge in [0.05, 0.1) is 22.5 Å². The maximum atomic E-state index is 5.41. The zero-order valence-corrected chi connectivity index (χ0v) is 34.1. The van der Waals surface area contributed by atoms with Gasteiger partial charge in [0.15, 0.2) is 5.84 Å². The number of fused-ring (bicyclic) bond motifs is 13.